The van der Waals surface area contributed by atoms with Gasteiger partial charge in [0.15, 0.2) is 0 Å². The van der Waals surface area contributed by atoms with Gasteiger partial charge in [-0.05, 0) is 44.0 Å². The molecule has 0 saturated heterocycles. The molecule has 0 N–H and O–H groups in total. The quantitative estimate of drug-likeness (QED) is 0.838. The van der Waals surface area contributed by atoms with Crippen LogP contribution in [0.4, 0.5) is 11.4 Å². The first-order valence-corrected chi connectivity index (χ1v) is 8.71. The molecule has 0 aromatic heterocycles. The molecule has 0 aliphatic carbocycles. The predicted octanol–water partition coefficient (Wildman–Crippen LogP) is 3.69. The summed E-state index contributed by atoms with van der Waals surface area (Å²) in [5.41, 5.74) is 4.44. The molecule has 1 aliphatic rings. The maximum Gasteiger partial charge on any atom is 0.249 e. The smallest absolute Gasteiger partial charge is 0.249 e. The molecule has 4 heteroatoms. The molecule has 0 saturated carbocycles. The van der Waals surface area contributed by atoms with Crippen LogP contribution in [0.15, 0.2) is 48.5 Å². The number of amides is 1. The van der Waals surface area contributed by atoms with E-state index in [0.29, 0.717) is 13.0 Å². The Hall–Kier alpha value is -2.80. The van der Waals surface area contributed by atoms with E-state index in [1.807, 2.05) is 50.2 Å². The Kier molecular flexibility index (Phi) is 5.04. The zero-order valence-corrected chi connectivity index (χ0v) is 14.8. The number of carbonyl (C=O) groups is 1. The Morgan fingerprint density at radius 1 is 1.24 bits per heavy atom. The number of anilines is 2. The maximum atomic E-state index is 13.2. The summed E-state index contributed by atoms with van der Waals surface area (Å²) in [6, 6.07) is 18.1. The van der Waals surface area contributed by atoms with Crippen LogP contribution in [0.1, 0.15) is 24.5 Å². The van der Waals surface area contributed by atoms with E-state index in [4.69, 9.17) is 5.26 Å². The second-order valence-electron chi connectivity index (χ2n) is 6.48. The Morgan fingerprint density at radius 2 is 1.96 bits per heavy atom. The fourth-order valence-electron chi connectivity index (χ4n) is 3.38. The van der Waals surface area contributed by atoms with Crippen molar-refractivity contribution in [2.45, 2.75) is 32.7 Å². The number of fused-ring (bicyclic) bond motifs is 1. The average Bonchev–Trinajstić information content (AvgIpc) is 3.06. The molecular weight excluding hydrogens is 310 g/mol. The predicted molar refractivity (Wildman–Crippen MR) is 101 cm³/mol. The molecule has 4 nitrogen and oxygen atoms in total. The van der Waals surface area contributed by atoms with Gasteiger partial charge in [0, 0.05) is 24.5 Å². The highest BCUT2D eigenvalue weighted by atomic mass is 16.2. The van der Waals surface area contributed by atoms with Gasteiger partial charge in [-0.3, -0.25) is 4.79 Å². The van der Waals surface area contributed by atoms with Crippen LogP contribution < -0.4 is 9.80 Å². The van der Waals surface area contributed by atoms with E-state index in [2.05, 4.69) is 23.1 Å². The fraction of sp³-hybridized carbons (Fsp3) is 0.333. The zero-order chi connectivity index (χ0) is 17.8. The highest BCUT2D eigenvalue weighted by molar-refractivity contribution is 5.99. The molecular formula is C21H23N3O. The standard InChI is InChI=1S/C21H23N3O/c1-16-8-10-19(11-9-16)24(14-5-13-22)21(25)17(2)23-15-12-18-6-3-4-7-20(18)23/h3-4,6-11,17H,5,12,14-15H2,1-2H3. The minimum absolute atomic E-state index is 0.0378. The number of para-hydroxylation sites is 1. The van der Waals surface area contributed by atoms with Gasteiger partial charge in [0.05, 0.1) is 12.5 Å². The second-order valence-corrected chi connectivity index (χ2v) is 6.48. The van der Waals surface area contributed by atoms with E-state index < -0.39 is 0 Å². The summed E-state index contributed by atoms with van der Waals surface area (Å²) in [5.74, 6) is 0.0378. The van der Waals surface area contributed by atoms with Crippen molar-refractivity contribution >= 4 is 17.3 Å². The number of aryl methyl sites for hydroxylation is 1. The van der Waals surface area contributed by atoms with Gasteiger partial charge >= 0.3 is 0 Å². The number of hydrogen-bond acceptors (Lipinski definition) is 3. The first kappa shape index (κ1) is 17.0. The molecule has 1 unspecified atom stereocenters. The lowest BCUT2D eigenvalue weighted by molar-refractivity contribution is -0.119. The Morgan fingerprint density at radius 3 is 2.68 bits per heavy atom. The molecule has 3 rings (SSSR count). The lowest BCUT2D eigenvalue weighted by Crippen LogP contribution is -2.47. The van der Waals surface area contributed by atoms with Crippen molar-refractivity contribution in [3.05, 3.63) is 59.7 Å². The summed E-state index contributed by atoms with van der Waals surface area (Å²) < 4.78 is 0. The molecule has 2 aromatic rings. The van der Waals surface area contributed by atoms with Crippen molar-refractivity contribution in [3.63, 3.8) is 0 Å². The Labute approximate surface area is 149 Å². The SMILES string of the molecule is Cc1ccc(N(CCC#N)C(=O)C(C)N2CCc3ccccc32)cc1. The number of rotatable bonds is 5. The van der Waals surface area contributed by atoms with E-state index in [-0.39, 0.29) is 11.9 Å². The number of nitriles is 1. The lowest BCUT2D eigenvalue weighted by atomic mass is 10.1. The fourth-order valence-corrected chi connectivity index (χ4v) is 3.38. The van der Waals surface area contributed by atoms with Gasteiger partial charge in [0.2, 0.25) is 5.91 Å². The molecule has 1 amide bonds. The van der Waals surface area contributed by atoms with E-state index >= 15 is 0 Å². The molecule has 1 heterocycles. The summed E-state index contributed by atoms with van der Waals surface area (Å²) in [5, 5.41) is 8.97. The van der Waals surface area contributed by atoms with Crippen molar-refractivity contribution in [1.29, 1.82) is 5.26 Å². The van der Waals surface area contributed by atoms with Crippen molar-refractivity contribution in [2.24, 2.45) is 0 Å². The molecule has 1 atom stereocenters. The summed E-state index contributed by atoms with van der Waals surface area (Å²) in [6.07, 6.45) is 1.29. The van der Waals surface area contributed by atoms with E-state index in [1.54, 1.807) is 4.90 Å². The number of nitrogens with zero attached hydrogens (tertiary/aromatic N) is 3. The van der Waals surface area contributed by atoms with Gasteiger partial charge < -0.3 is 9.80 Å². The number of carbonyl (C=O) groups excluding carboxylic acids is 1. The Balaban J connectivity index is 1.85. The lowest BCUT2D eigenvalue weighted by Gasteiger charge is -2.31. The normalized spacial score (nSPS) is 13.9. The van der Waals surface area contributed by atoms with E-state index in [9.17, 15) is 4.79 Å². The van der Waals surface area contributed by atoms with Crippen molar-refractivity contribution in [3.8, 4) is 6.07 Å². The van der Waals surface area contributed by atoms with Crippen molar-refractivity contribution < 1.29 is 4.79 Å². The molecule has 0 bridgehead atoms. The Bertz CT molecular complexity index is 792. The van der Waals surface area contributed by atoms with Gasteiger partial charge in [0.1, 0.15) is 6.04 Å². The third-order valence-corrected chi connectivity index (χ3v) is 4.81. The van der Waals surface area contributed by atoms with E-state index in [0.717, 1.165) is 29.9 Å². The van der Waals surface area contributed by atoms with Crippen LogP contribution in [0, 0.1) is 18.3 Å². The first-order chi connectivity index (χ1) is 12.1. The summed E-state index contributed by atoms with van der Waals surface area (Å²) in [6.45, 7) is 5.25. The third kappa shape index (κ3) is 3.51. The number of benzene rings is 2. The third-order valence-electron chi connectivity index (χ3n) is 4.81. The second kappa shape index (κ2) is 7.40. The zero-order valence-electron chi connectivity index (χ0n) is 14.8. The topological polar surface area (TPSA) is 47.3 Å². The summed E-state index contributed by atoms with van der Waals surface area (Å²) >= 11 is 0. The molecule has 128 valence electrons. The molecule has 2 aromatic carbocycles. The summed E-state index contributed by atoms with van der Waals surface area (Å²) in [7, 11) is 0. The van der Waals surface area contributed by atoms with Crippen LogP contribution in [-0.4, -0.2) is 25.0 Å². The van der Waals surface area contributed by atoms with Crippen LogP contribution in [0.3, 0.4) is 0 Å². The first-order valence-electron chi connectivity index (χ1n) is 8.71. The largest absolute Gasteiger partial charge is 0.359 e. The highest BCUT2D eigenvalue weighted by Gasteiger charge is 2.30. The molecule has 0 spiro atoms. The summed E-state index contributed by atoms with van der Waals surface area (Å²) in [4.78, 5) is 17.1. The van der Waals surface area contributed by atoms with E-state index in [1.165, 1.54) is 5.56 Å². The van der Waals surface area contributed by atoms with Crippen molar-refractivity contribution in [1.82, 2.24) is 0 Å². The average molecular weight is 333 g/mol. The maximum absolute atomic E-state index is 13.2. The van der Waals surface area contributed by atoms with Gasteiger partial charge in [-0.15, -0.1) is 0 Å². The van der Waals surface area contributed by atoms with Crippen LogP contribution in [-0.2, 0) is 11.2 Å². The van der Waals surface area contributed by atoms with Crippen LogP contribution in [0.25, 0.3) is 0 Å². The van der Waals surface area contributed by atoms with Gasteiger partial charge in [-0.2, -0.15) is 5.26 Å². The van der Waals surface area contributed by atoms with Crippen LogP contribution >= 0.6 is 0 Å². The molecule has 1 aliphatic heterocycles. The molecule has 0 radical (unpaired) electrons. The van der Waals surface area contributed by atoms with Gasteiger partial charge in [-0.1, -0.05) is 35.9 Å². The van der Waals surface area contributed by atoms with Crippen molar-refractivity contribution in [2.75, 3.05) is 22.9 Å². The van der Waals surface area contributed by atoms with Gasteiger partial charge in [0.25, 0.3) is 0 Å². The molecule has 25 heavy (non-hydrogen) atoms. The van der Waals surface area contributed by atoms with Crippen LogP contribution in [0.5, 0.6) is 0 Å². The highest BCUT2D eigenvalue weighted by Crippen LogP contribution is 2.30. The monoisotopic (exact) mass is 333 g/mol. The van der Waals surface area contributed by atoms with Crippen LogP contribution in [0.2, 0.25) is 0 Å². The molecule has 0 fully saturated rings. The minimum Gasteiger partial charge on any atom is -0.359 e. The minimum atomic E-state index is -0.261. The van der Waals surface area contributed by atoms with Gasteiger partial charge in [-0.25, -0.2) is 0 Å². The number of hydrogen-bond donors (Lipinski definition) is 0.